The van der Waals surface area contributed by atoms with Crippen LogP contribution in [0.3, 0.4) is 0 Å². The van der Waals surface area contributed by atoms with E-state index in [1.807, 2.05) is 25.1 Å². The van der Waals surface area contributed by atoms with E-state index < -0.39 is 6.09 Å². The van der Waals surface area contributed by atoms with Gasteiger partial charge in [0.15, 0.2) is 0 Å². The van der Waals surface area contributed by atoms with Crippen molar-refractivity contribution in [2.24, 2.45) is 5.92 Å². The lowest BCUT2D eigenvalue weighted by molar-refractivity contribution is -0.120. The minimum absolute atomic E-state index is 0.0142. The fourth-order valence-electron chi connectivity index (χ4n) is 2.82. The number of amides is 2. The van der Waals surface area contributed by atoms with Crippen molar-refractivity contribution in [1.82, 2.24) is 5.32 Å². The van der Waals surface area contributed by atoms with Gasteiger partial charge in [-0.2, -0.15) is 0 Å². The summed E-state index contributed by atoms with van der Waals surface area (Å²) in [7, 11) is 1.60. The SMILES string of the molecule is COc1cc(NC(=O)C2CCC(NC(=O)O)CC2)ccc1C. The van der Waals surface area contributed by atoms with Crippen molar-refractivity contribution < 1.29 is 19.4 Å². The van der Waals surface area contributed by atoms with Crippen molar-refractivity contribution in [2.75, 3.05) is 12.4 Å². The largest absolute Gasteiger partial charge is 0.496 e. The molecule has 1 aliphatic carbocycles. The van der Waals surface area contributed by atoms with Crippen molar-refractivity contribution >= 4 is 17.7 Å². The van der Waals surface area contributed by atoms with E-state index in [-0.39, 0.29) is 17.9 Å². The molecule has 120 valence electrons. The molecule has 1 fully saturated rings. The number of hydrogen-bond acceptors (Lipinski definition) is 3. The second-order valence-electron chi connectivity index (χ2n) is 5.67. The van der Waals surface area contributed by atoms with Crippen LogP contribution in [0, 0.1) is 12.8 Å². The number of carbonyl (C=O) groups is 2. The summed E-state index contributed by atoms with van der Waals surface area (Å²) in [6.45, 7) is 1.95. The number of hydrogen-bond donors (Lipinski definition) is 3. The molecule has 0 unspecified atom stereocenters. The highest BCUT2D eigenvalue weighted by Crippen LogP contribution is 2.27. The van der Waals surface area contributed by atoms with E-state index >= 15 is 0 Å². The predicted octanol–water partition coefficient (Wildman–Crippen LogP) is 2.77. The van der Waals surface area contributed by atoms with Crippen LogP contribution < -0.4 is 15.4 Å². The number of methoxy groups -OCH3 is 1. The molecule has 22 heavy (non-hydrogen) atoms. The average molecular weight is 306 g/mol. The molecule has 0 aromatic heterocycles. The second kappa shape index (κ2) is 7.15. The van der Waals surface area contributed by atoms with Crippen LogP contribution in [0.25, 0.3) is 0 Å². The Bertz CT molecular complexity index is 551. The summed E-state index contributed by atoms with van der Waals surface area (Å²) in [6, 6.07) is 5.53. The quantitative estimate of drug-likeness (QED) is 0.798. The van der Waals surface area contributed by atoms with Gasteiger partial charge in [0.05, 0.1) is 7.11 Å². The highest BCUT2D eigenvalue weighted by Gasteiger charge is 2.27. The van der Waals surface area contributed by atoms with Crippen LogP contribution in [0.2, 0.25) is 0 Å². The fraction of sp³-hybridized carbons (Fsp3) is 0.500. The van der Waals surface area contributed by atoms with E-state index in [9.17, 15) is 9.59 Å². The molecule has 0 aliphatic heterocycles. The summed E-state index contributed by atoms with van der Waals surface area (Å²) < 4.78 is 5.25. The molecule has 6 nitrogen and oxygen atoms in total. The number of aryl methyl sites for hydroxylation is 1. The summed E-state index contributed by atoms with van der Waals surface area (Å²) in [5.74, 6) is 0.658. The van der Waals surface area contributed by atoms with Gasteiger partial charge in [0.25, 0.3) is 0 Å². The smallest absolute Gasteiger partial charge is 0.404 e. The van der Waals surface area contributed by atoms with Gasteiger partial charge in [0.2, 0.25) is 5.91 Å². The van der Waals surface area contributed by atoms with Crippen LogP contribution in [-0.4, -0.2) is 30.3 Å². The monoisotopic (exact) mass is 306 g/mol. The Morgan fingerprint density at radius 3 is 2.50 bits per heavy atom. The molecule has 1 saturated carbocycles. The lowest BCUT2D eigenvalue weighted by Gasteiger charge is -2.27. The molecule has 0 atom stereocenters. The minimum atomic E-state index is -1.00. The summed E-state index contributed by atoms with van der Waals surface area (Å²) in [5, 5.41) is 14.1. The third-order valence-electron chi connectivity index (χ3n) is 4.10. The highest BCUT2D eigenvalue weighted by atomic mass is 16.5. The molecule has 2 rings (SSSR count). The Labute approximate surface area is 129 Å². The van der Waals surface area contributed by atoms with Crippen LogP contribution in [0.1, 0.15) is 31.2 Å². The number of anilines is 1. The summed E-state index contributed by atoms with van der Waals surface area (Å²) in [4.78, 5) is 22.9. The molecule has 1 aromatic carbocycles. The number of ether oxygens (including phenoxy) is 1. The van der Waals surface area contributed by atoms with Crippen molar-refractivity contribution in [3.05, 3.63) is 23.8 Å². The summed E-state index contributed by atoms with van der Waals surface area (Å²) >= 11 is 0. The first-order valence-corrected chi connectivity index (χ1v) is 7.44. The summed E-state index contributed by atoms with van der Waals surface area (Å²) in [5.41, 5.74) is 1.74. The molecule has 0 bridgehead atoms. The molecule has 0 saturated heterocycles. The maximum atomic E-state index is 12.3. The normalized spacial score (nSPS) is 21.0. The standard InChI is InChI=1S/C16H22N2O4/c1-10-3-6-13(9-14(10)22-2)17-15(19)11-4-7-12(8-5-11)18-16(20)21/h3,6,9,11-12,18H,4-5,7-8H2,1-2H3,(H,17,19)(H,20,21). The number of carbonyl (C=O) groups excluding carboxylic acids is 1. The Morgan fingerprint density at radius 2 is 1.91 bits per heavy atom. The number of rotatable bonds is 4. The fourth-order valence-corrected chi connectivity index (χ4v) is 2.82. The van der Waals surface area contributed by atoms with Gasteiger partial charge >= 0.3 is 6.09 Å². The topological polar surface area (TPSA) is 87.7 Å². The maximum absolute atomic E-state index is 12.3. The van der Waals surface area contributed by atoms with E-state index in [2.05, 4.69) is 10.6 Å². The van der Waals surface area contributed by atoms with Crippen molar-refractivity contribution in [3.8, 4) is 5.75 Å². The Balaban J connectivity index is 1.89. The van der Waals surface area contributed by atoms with Crippen molar-refractivity contribution in [3.63, 3.8) is 0 Å². The van der Waals surface area contributed by atoms with Crippen molar-refractivity contribution in [2.45, 2.75) is 38.6 Å². The predicted molar refractivity (Wildman–Crippen MR) is 83.3 cm³/mol. The summed E-state index contributed by atoms with van der Waals surface area (Å²) in [6.07, 6.45) is 1.78. The van der Waals surface area contributed by atoms with Gasteiger partial charge in [0, 0.05) is 23.7 Å². The zero-order valence-electron chi connectivity index (χ0n) is 12.9. The number of carboxylic acid groups (broad SMARTS) is 1. The second-order valence-corrected chi connectivity index (χ2v) is 5.67. The van der Waals surface area contributed by atoms with E-state index in [1.54, 1.807) is 7.11 Å². The Morgan fingerprint density at radius 1 is 1.23 bits per heavy atom. The van der Waals surface area contributed by atoms with Crippen LogP contribution in [0.15, 0.2) is 18.2 Å². The Hall–Kier alpha value is -2.24. The van der Waals surface area contributed by atoms with E-state index in [0.717, 1.165) is 17.0 Å². The van der Waals surface area contributed by atoms with Gasteiger partial charge in [-0.15, -0.1) is 0 Å². The molecular weight excluding hydrogens is 284 g/mol. The van der Waals surface area contributed by atoms with Gasteiger partial charge in [0.1, 0.15) is 5.75 Å². The molecule has 2 amide bonds. The first-order chi connectivity index (χ1) is 10.5. The van der Waals surface area contributed by atoms with Gasteiger partial charge in [-0.1, -0.05) is 6.07 Å². The average Bonchev–Trinajstić information content (AvgIpc) is 2.49. The third kappa shape index (κ3) is 4.13. The van der Waals surface area contributed by atoms with E-state index in [1.165, 1.54) is 0 Å². The van der Waals surface area contributed by atoms with Gasteiger partial charge < -0.3 is 20.5 Å². The minimum Gasteiger partial charge on any atom is -0.496 e. The van der Waals surface area contributed by atoms with Gasteiger partial charge in [-0.05, 0) is 44.2 Å². The number of benzene rings is 1. The van der Waals surface area contributed by atoms with Gasteiger partial charge in [-0.3, -0.25) is 4.79 Å². The molecule has 0 spiro atoms. The first kappa shape index (κ1) is 16.1. The molecular formula is C16H22N2O4. The van der Waals surface area contributed by atoms with Crippen LogP contribution >= 0.6 is 0 Å². The third-order valence-corrected chi connectivity index (χ3v) is 4.10. The van der Waals surface area contributed by atoms with E-state index in [0.29, 0.717) is 25.7 Å². The van der Waals surface area contributed by atoms with E-state index in [4.69, 9.17) is 9.84 Å². The zero-order valence-corrected chi connectivity index (χ0v) is 12.9. The molecule has 1 aromatic rings. The molecule has 0 heterocycles. The maximum Gasteiger partial charge on any atom is 0.404 e. The first-order valence-electron chi connectivity index (χ1n) is 7.44. The number of nitrogens with one attached hydrogen (secondary N) is 2. The molecule has 1 aliphatic rings. The molecule has 3 N–H and O–H groups in total. The Kier molecular flexibility index (Phi) is 5.25. The molecule has 0 radical (unpaired) electrons. The van der Waals surface area contributed by atoms with Crippen LogP contribution in [-0.2, 0) is 4.79 Å². The zero-order chi connectivity index (χ0) is 16.1. The van der Waals surface area contributed by atoms with Crippen molar-refractivity contribution in [1.29, 1.82) is 0 Å². The molecule has 6 heteroatoms. The highest BCUT2D eigenvalue weighted by molar-refractivity contribution is 5.92. The lowest BCUT2D eigenvalue weighted by Crippen LogP contribution is -2.38. The van der Waals surface area contributed by atoms with Crippen LogP contribution in [0.5, 0.6) is 5.75 Å². The lowest BCUT2D eigenvalue weighted by atomic mass is 9.85. The van der Waals surface area contributed by atoms with Gasteiger partial charge in [-0.25, -0.2) is 4.79 Å². The van der Waals surface area contributed by atoms with Crippen LogP contribution in [0.4, 0.5) is 10.5 Å².